The summed E-state index contributed by atoms with van der Waals surface area (Å²) in [6.45, 7) is 0. The summed E-state index contributed by atoms with van der Waals surface area (Å²) in [6.07, 6.45) is 1.25. The number of nitriles is 1. The van der Waals surface area contributed by atoms with Gasteiger partial charge in [-0.3, -0.25) is 0 Å². The zero-order chi connectivity index (χ0) is 13.1. The number of anilines is 2. The first kappa shape index (κ1) is 12.1. The normalized spacial score (nSPS) is 9.89. The average Bonchev–Trinajstić information content (AvgIpc) is 2.36. The molecule has 0 atom stereocenters. The third kappa shape index (κ3) is 2.49. The first-order valence-electron chi connectivity index (χ1n) is 4.61. The highest BCUT2D eigenvalue weighted by atomic mass is 35.5. The van der Waals surface area contributed by atoms with Crippen molar-refractivity contribution in [1.82, 2.24) is 15.2 Å². The van der Waals surface area contributed by atoms with Gasteiger partial charge >= 0.3 is 0 Å². The lowest BCUT2D eigenvalue weighted by atomic mass is 10.3. The van der Waals surface area contributed by atoms with Gasteiger partial charge in [0.25, 0.3) is 5.95 Å². The van der Waals surface area contributed by atoms with Crippen LogP contribution in [0.2, 0.25) is 5.02 Å². The monoisotopic (exact) mass is 267 g/mol. The maximum absolute atomic E-state index is 13.2. The highest BCUT2D eigenvalue weighted by Gasteiger charge is 2.10. The predicted molar refractivity (Wildman–Crippen MR) is 59.2 cm³/mol. The number of halogens is 3. The van der Waals surface area contributed by atoms with Gasteiger partial charge < -0.3 is 5.32 Å². The van der Waals surface area contributed by atoms with E-state index in [9.17, 15) is 8.78 Å². The molecule has 0 saturated heterocycles. The number of rotatable bonds is 2. The smallest absolute Gasteiger partial charge is 0.256 e. The first-order chi connectivity index (χ1) is 8.60. The molecule has 0 saturated carbocycles. The number of nitrogens with one attached hydrogen (secondary N) is 1. The van der Waals surface area contributed by atoms with Crippen molar-refractivity contribution in [3.63, 3.8) is 0 Å². The molecule has 0 spiro atoms. The van der Waals surface area contributed by atoms with E-state index in [1.54, 1.807) is 0 Å². The van der Waals surface area contributed by atoms with E-state index in [2.05, 4.69) is 20.5 Å². The zero-order valence-corrected chi connectivity index (χ0v) is 9.41. The molecule has 90 valence electrons. The summed E-state index contributed by atoms with van der Waals surface area (Å²) in [5.74, 6) is -1.84. The fourth-order valence-electron chi connectivity index (χ4n) is 1.16. The van der Waals surface area contributed by atoms with Gasteiger partial charge in [-0.25, -0.2) is 4.98 Å². The second kappa shape index (κ2) is 4.89. The second-order valence-corrected chi connectivity index (χ2v) is 3.57. The van der Waals surface area contributed by atoms with Crippen molar-refractivity contribution in [1.29, 1.82) is 5.26 Å². The van der Waals surface area contributed by atoms with E-state index < -0.39 is 11.9 Å². The summed E-state index contributed by atoms with van der Waals surface area (Å²) in [5.41, 5.74) is 0.00617. The maximum atomic E-state index is 13.2. The first-order valence-corrected chi connectivity index (χ1v) is 4.99. The van der Waals surface area contributed by atoms with E-state index in [0.29, 0.717) is 0 Å². The van der Waals surface area contributed by atoms with Crippen LogP contribution in [-0.4, -0.2) is 15.2 Å². The molecular weight excluding hydrogens is 264 g/mol. The molecule has 2 rings (SSSR count). The van der Waals surface area contributed by atoms with Crippen LogP contribution in [0.25, 0.3) is 0 Å². The lowest BCUT2D eigenvalue weighted by Crippen LogP contribution is -2.02. The Morgan fingerprint density at radius 2 is 2.06 bits per heavy atom. The molecule has 0 aliphatic heterocycles. The summed E-state index contributed by atoms with van der Waals surface area (Å²) < 4.78 is 26.0. The van der Waals surface area contributed by atoms with Gasteiger partial charge in [0.15, 0.2) is 0 Å². The van der Waals surface area contributed by atoms with E-state index in [-0.39, 0.29) is 22.1 Å². The molecule has 2 aromatic rings. The Hall–Kier alpha value is -2.33. The molecule has 0 aliphatic carbocycles. The van der Waals surface area contributed by atoms with Crippen LogP contribution in [0.3, 0.4) is 0 Å². The quantitative estimate of drug-likeness (QED) is 0.904. The summed E-state index contributed by atoms with van der Waals surface area (Å²) >= 11 is 5.82. The summed E-state index contributed by atoms with van der Waals surface area (Å²) in [7, 11) is 0. The van der Waals surface area contributed by atoms with Gasteiger partial charge in [-0.05, 0) is 6.07 Å². The second-order valence-electron chi connectivity index (χ2n) is 3.16. The molecule has 1 N–H and O–H groups in total. The lowest BCUT2D eigenvalue weighted by molar-refractivity contribution is 0.511. The predicted octanol–water partition coefficient (Wildman–Crippen LogP) is 2.42. The van der Waals surface area contributed by atoms with Crippen LogP contribution in [0, 0.1) is 23.2 Å². The van der Waals surface area contributed by atoms with Crippen LogP contribution in [-0.2, 0) is 0 Å². The molecule has 5 nitrogen and oxygen atoms in total. The Morgan fingerprint density at radius 3 is 2.72 bits per heavy atom. The minimum Gasteiger partial charge on any atom is -0.335 e. The number of hydrogen-bond donors (Lipinski definition) is 1. The Kier molecular flexibility index (Phi) is 3.30. The maximum Gasteiger partial charge on any atom is 0.256 e. The van der Waals surface area contributed by atoms with E-state index in [1.165, 1.54) is 12.3 Å². The van der Waals surface area contributed by atoms with Gasteiger partial charge in [0.05, 0.1) is 10.6 Å². The third-order valence-electron chi connectivity index (χ3n) is 1.94. The summed E-state index contributed by atoms with van der Waals surface area (Å²) in [4.78, 5) is 3.81. The van der Waals surface area contributed by atoms with E-state index in [4.69, 9.17) is 16.9 Å². The Bertz CT molecular complexity index is 641. The largest absolute Gasteiger partial charge is 0.335 e. The van der Waals surface area contributed by atoms with Gasteiger partial charge in [0.1, 0.15) is 17.6 Å². The van der Waals surface area contributed by atoms with E-state index in [0.717, 1.165) is 6.07 Å². The fourth-order valence-corrected chi connectivity index (χ4v) is 1.37. The Morgan fingerprint density at radius 1 is 1.28 bits per heavy atom. The van der Waals surface area contributed by atoms with Crippen LogP contribution < -0.4 is 5.32 Å². The molecule has 0 fully saturated rings. The van der Waals surface area contributed by atoms with Crippen molar-refractivity contribution in [3.05, 3.63) is 40.8 Å². The SMILES string of the molecule is N#Cc1cnc(Nc2cc(F)nnc2F)c(Cl)c1. The Labute approximate surface area is 105 Å². The van der Waals surface area contributed by atoms with Gasteiger partial charge in [-0.15, -0.1) is 10.2 Å². The van der Waals surface area contributed by atoms with Gasteiger partial charge in [-0.1, -0.05) is 11.6 Å². The zero-order valence-electron chi connectivity index (χ0n) is 8.65. The van der Waals surface area contributed by atoms with E-state index >= 15 is 0 Å². The molecule has 2 aromatic heterocycles. The van der Waals surface area contributed by atoms with Crippen molar-refractivity contribution in [2.75, 3.05) is 5.32 Å². The number of hydrogen-bond acceptors (Lipinski definition) is 5. The van der Waals surface area contributed by atoms with Crippen molar-refractivity contribution in [2.45, 2.75) is 0 Å². The van der Waals surface area contributed by atoms with Crippen LogP contribution in [0.1, 0.15) is 5.56 Å². The van der Waals surface area contributed by atoms with Crippen LogP contribution in [0.15, 0.2) is 18.3 Å². The highest BCUT2D eigenvalue weighted by molar-refractivity contribution is 6.33. The van der Waals surface area contributed by atoms with Crippen LogP contribution >= 0.6 is 11.6 Å². The molecule has 0 aliphatic rings. The Balaban J connectivity index is 2.34. The van der Waals surface area contributed by atoms with E-state index in [1.807, 2.05) is 6.07 Å². The topological polar surface area (TPSA) is 74.5 Å². The van der Waals surface area contributed by atoms with Gasteiger partial charge in [-0.2, -0.15) is 14.0 Å². The molecule has 0 unspecified atom stereocenters. The van der Waals surface area contributed by atoms with Crippen molar-refractivity contribution >= 4 is 23.1 Å². The molecule has 2 heterocycles. The molecule has 0 radical (unpaired) electrons. The molecular formula is C10H4ClF2N5. The average molecular weight is 268 g/mol. The molecule has 0 aromatic carbocycles. The standard InChI is InChI=1S/C10H4ClF2N5/c11-6-1-5(3-14)4-15-10(6)16-7-2-8(12)17-18-9(7)13/h1-2,4H,(H,15,16,17). The number of nitrogens with zero attached hydrogens (tertiary/aromatic N) is 4. The van der Waals surface area contributed by atoms with Crippen molar-refractivity contribution in [3.8, 4) is 6.07 Å². The number of pyridine rings is 1. The highest BCUT2D eigenvalue weighted by Crippen LogP contribution is 2.24. The van der Waals surface area contributed by atoms with Crippen LogP contribution in [0.5, 0.6) is 0 Å². The van der Waals surface area contributed by atoms with Crippen LogP contribution in [0.4, 0.5) is 20.3 Å². The molecule has 0 bridgehead atoms. The summed E-state index contributed by atoms with van der Waals surface area (Å²) in [5, 5.41) is 17.1. The van der Waals surface area contributed by atoms with Crippen molar-refractivity contribution < 1.29 is 8.78 Å². The molecule has 8 heteroatoms. The minimum atomic E-state index is -0.987. The fraction of sp³-hybridized carbons (Fsp3) is 0. The van der Waals surface area contributed by atoms with Gasteiger partial charge in [0.2, 0.25) is 5.95 Å². The number of aromatic nitrogens is 3. The van der Waals surface area contributed by atoms with Gasteiger partial charge in [0, 0.05) is 12.3 Å². The van der Waals surface area contributed by atoms with Crippen molar-refractivity contribution in [2.24, 2.45) is 0 Å². The molecule has 18 heavy (non-hydrogen) atoms. The minimum absolute atomic E-state index is 0.0852. The third-order valence-corrected chi connectivity index (χ3v) is 2.23. The summed E-state index contributed by atoms with van der Waals surface area (Å²) in [6, 6.07) is 4.01. The lowest BCUT2D eigenvalue weighted by Gasteiger charge is -2.07. The molecule has 0 amide bonds.